The average molecular weight is 331 g/mol. The lowest BCUT2D eigenvalue weighted by atomic mass is 9.80. The summed E-state index contributed by atoms with van der Waals surface area (Å²) in [4.78, 5) is 27.6. The number of β-amino-alcohol motifs (C(OH)–C–C–N with tert-alkyl or cyclic N) is 1. The van der Waals surface area contributed by atoms with Gasteiger partial charge in [-0.3, -0.25) is 9.69 Å². The van der Waals surface area contributed by atoms with Crippen LogP contribution in [0.4, 0.5) is 4.79 Å². The van der Waals surface area contributed by atoms with Crippen LogP contribution in [-0.4, -0.2) is 59.1 Å². The number of aliphatic hydroxyl groups is 1. The Bertz CT molecular complexity index is 621. The van der Waals surface area contributed by atoms with E-state index in [0.29, 0.717) is 13.1 Å². The molecule has 3 rings (SSSR count). The van der Waals surface area contributed by atoms with E-state index in [9.17, 15) is 14.7 Å². The Morgan fingerprint density at radius 1 is 1.33 bits per heavy atom. The highest BCUT2D eigenvalue weighted by Gasteiger charge is 2.51. The van der Waals surface area contributed by atoms with Gasteiger partial charge < -0.3 is 15.3 Å². The molecule has 2 fully saturated rings. The van der Waals surface area contributed by atoms with E-state index in [1.54, 1.807) is 0 Å². The van der Waals surface area contributed by atoms with E-state index in [2.05, 4.69) is 10.2 Å². The molecule has 0 saturated carbocycles. The molecule has 1 aromatic rings. The van der Waals surface area contributed by atoms with Crippen molar-refractivity contribution in [3.8, 4) is 0 Å². The molecule has 3 atom stereocenters. The maximum Gasteiger partial charge on any atom is 0.324 e. The topological polar surface area (TPSA) is 72.9 Å². The van der Waals surface area contributed by atoms with Gasteiger partial charge in [0.2, 0.25) is 0 Å². The smallest absolute Gasteiger partial charge is 0.324 e. The van der Waals surface area contributed by atoms with Crippen molar-refractivity contribution in [2.45, 2.75) is 31.4 Å². The number of benzene rings is 1. The first-order valence-electron chi connectivity index (χ1n) is 8.47. The number of nitrogens with zero attached hydrogens (tertiary/aromatic N) is 2. The summed E-state index contributed by atoms with van der Waals surface area (Å²) in [5.41, 5.74) is 0.0539. The van der Waals surface area contributed by atoms with E-state index in [1.807, 2.05) is 37.3 Å². The quantitative estimate of drug-likeness (QED) is 0.818. The van der Waals surface area contributed by atoms with Gasteiger partial charge in [0.1, 0.15) is 5.54 Å². The molecule has 1 aromatic carbocycles. The lowest BCUT2D eigenvalue weighted by Gasteiger charge is -2.40. The van der Waals surface area contributed by atoms with Gasteiger partial charge in [-0.2, -0.15) is 0 Å². The predicted molar refractivity (Wildman–Crippen MR) is 90.3 cm³/mol. The van der Waals surface area contributed by atoms with Crippen LogP contribution >= 0.6 is 0 Å². The fraction of sp³-hybridized carbons (Fsp3) is 0.556. The van der Waals surface area contributed by atoms with Gasteiger partial charge >= 0.3 is 6.03 Å². The molecular formula is C18H25N3O3. The third-order valence-electron chi connectivity index (χ3n) is 5.36. The normalized spacial score (nSPS) is 29.6. The minimum Gasteiger partial charge on any atom is -0.387 e. The SMILES string of the molecule is CN1C(=O)N[C@](C)([C@@H]2CCCN(C[C@@H](O)c3ccccc3)C2)C1=O. The van der Waals surface area contributed by atoms with Gasteiger partial charge in [0, 0.05) is 26.1 Å². The van der Waals surface area contributed by atoms with E-state index in [4.69, 9.17) is 0 Å². The van der Waals surface area contributed by atoms with Gasteiger partial charge in [-0.05, 0) is 31.9 Å². The van der Waals surface area contributed by atoms with E-state index >= 15 is 0 Å². The number of nitrogens with one attached hydrogen (secondary N) is 1. The molecule has 0 aliphatic carbocycles. The number of carbonyl (C=O) groups excluding carboxylic acids is 2. The second-order valence-corrected chi connectivity index (χ2v) is 7.02. The summed E-state index contributed by atoms with van der Waals surface area (Å²) in [5.74, 6) is -0.112. The summed E-state index contributed by atoms with van der Waals surface area (Å²) >= 11 is 0. The van der Waals surface area contributed by atoms with E-state index in [0.717, 1.165) is 29.8 Å². The van der Waals surface area contributed by atoms with Crippen LogP contribution in [0.2, 0.25) is 0 Å². The average Bonchev–Trinajstić information content (AvgIpc) is 2.80. The van der Waals surface area contributed by atoms with Crippen LogP contribution in [-0.2, 0) is 4.79 Å². The molecule has 130 valence electrons. The van der Waals surface area contributed by atoms with Crippen LogP contribution in [0.5, 0.6) is 0 Å². The molecule has 2 aliphatic heterocycles. The van der Waals surface area contributed by atoms with E-state index in [-0.39, 0.29) is 17.9 Å². The van der Waals surface area contributed by atoms with Crippen LogP contribution in [0.25, 0.3) is 0 Å². The second kappa shape index (κ2) is 6.53. The lowest BCUT2D eigenvalue weighted by molar-refractivity contribution is -0.132. The molecule has 6 nitrogen and oxygen atoms in total. The highest BCUT2D eigenvalue weighted by atomic mass is 16.3. The molecule has 3 amide bonds. The predicted octanol–water partition coefficient (Wildman–Crippen LogP) is 1.37. The van der Waals surface area contributed by atoms with Gasteiger partial charge in [-0.15, -0.1) is 0 Å². The summed E-state index contributed by atoms with van der Waals surface area (Å²) in [6.45, 7) is 3.95. The van der Waals surface area contributed by atoms with Crippen LogP contribution in [0.3, 0.4) is 0 Å². The van der Waals surface area contributed by atoms with Gasteiger partial charge in [0.25, 0.3) is 5.91 Å². The van der Waals surface area contributed by atoms with Crippen molar-refractivity contribution in [1.29, 1.82) is 0 Å². The number of carbonyl (C=O) groups is 2. The Morgan fingerprint density at radius 3 is 2.67 bits per heavy atom. The summed E-state index contributed by atoms with van der Waals surface area (Å²) in [5, 5.41) is 13.3. The molecule has 2 heterocycles. The van der Waals surface area contributed by atoms with Crippen molar-refractivity contribution in [2.75, 3.05) is 26.7 Å². The minimum atomic E-state index is -0.845. The molecule has 24 heavy (non-hydrogen) atoms. The minimum absolute atomic E-state index is 0.0515. The third kappa shape index (κ3) is 3.03. The second-order valence-electron chi connectivity index (χ2n) is 7.02. The summed E-state index contributed by atoms with van der Waals surface area (Å²) in [6.07, 6.45) is 1.30. The zero-order valence-corrected chi connectivity index (χ0v) is 14.2. The number of hydrogen-bond acceptors (Lipinski definition) is 4. The first kappa shape index (κ1) is 16.9. The number of likely N-dealkylation sites (N-methyl/N-ethyl adjacent to an activating group) is 1. The van der Waals surface area contributed by atoms with Crippen LogP contribution < -0.4 is 5.32 Å². The molecule has 2 saturated heterocycles. The highest BCUT2D eigenvalue weighted by Crippen LogP contribution is 2.32. The molecule has 0 aromatic heterocycles. The zero-order chi connectivity index (χ0) is 17.3. The molecule has 0 spiro atoms. The summed E-state index contributed by atoms with van der Waals surface area (Å²) in [6, 6.07) is 9.27. The number of amides is 3. The van der Waals surface area contributed by atoms with Crippen molar-refractivity contribution in [3.05, 3.63) is 35.9 Å². The van der Waals surface area contributed by atoms with Crippen molar-refractivity contribution in [2.24, 2.45) is 5.92 Å². The van der Waals surface area contributed by atoms with Crippen LogP contribution in [0, 0.1) is 5.92 Å². The lowest BCUT2D eigenvalue weighted by Crippen LogP contribution is -2.56. The third-order valence-corrected chi connectivity index (χ3v) is 5.36. The standard InChI is InChI=1S/C18H25N3O3/c1-18(16(23)20(2)17(24)19-18)14-9-6-10-21(11-14)12-15(22)13-7-4-3-5-8-13/h3-5,7-8,14-15,22H,6,9-12H2,1-2H3,(H,19,24)/t14-,15-,18-/m1/s1. The van der Waals surface area contributed by atoms with E-state index < -0.39 is 11.6 Å². The molecular weight excluding hydrogens is 306 g/mol. The van der Waals surface area contributed by atoms with Crippen molar-refractivity contribution in [3.63, 3.8) is 0 Å². The van der Waals surface area contributed by atoms with Gasteiger partial charge in [-0.1, -0.05) is 30.3 Å². The molecule has 0 radical (unpaired) electrons. The number of likely N-dealkylation sites (tertiary alicyclic amines) is 1. The Hall–Kier alpha value is -1.92. The molecule has 2 N–H and O–H groups in total. The monoisotopic (exact) mass is 331 g/mol. The maximum absolute atomic E-state index is 12.5. The van der Waals surface area contributed by atoms with Crippen LogP contribution in [0.1, 0.15) is 31.4 Å². The van der Waals surface area contributed by atoms with E-state index in [1.165, 1.54) is 7.05 Å². The molecule has 2 aliphatic rings. The number of imide groups is 1. The first-order valence-corrected chi connectivity index (χ1v) is 8.47. The number of rotatable bonds is 4. The Kier molecular flexibility index (Phi) is 4.60. The van der Waals surface area contributed by atoms with Crippen molar-refractivity contribution < 1.29 is 14.7 Å². The fourth-order valence-corrected chi connectivity index (χ4v) is 3.79. The Morgan fingerprint density at radius 2 is 2.04 bits per heavy atom. The number of aliphatic hydroxyl groups excluding tert-OH is 1. The highest BCUT2D eigenvalue weighted by molar-refractivity contribution is 6.06. The molecule has 6 heteroatoms. The summed E-state index contributed by atoms with van der Waals surface area (Å²) < 4.78 is 0. The van der Waals surface area contributed by atoms with Crippen molar-refractivity contribution in [1.82, 2.24) is 15.1 Å². The number of urea groups is 1. The fourth-order valence-electron chi connectivity index (χ4n) is 3.79. The Labute approximate surface area is 142 Å². The molecule has 0 bridgehead atoms. The Balaban J connectivity index is 1.67. The van der Waals surface area contributed by atoms with Crippen molar-refractivity contribution >= 4 is 11.9 Å². The van der Waals surface area contributed by atoms with Gasteiger partial charge in [0.05, 0.1) is 6.10 Å². The molecule has 0 unspecified atom stereocenters. The first-order chi connectivity index (χ1) is 11.4. The summed E-state index contributed by atoms with van der Waals surface area (Å²) in [7, 11) is 1.52. The van der Waals surface area contributed by atoms with Gasteiger partial charge in [-0.25, -0.2) is 4.79 Å². The largest absolute Gasteiger partial charge is 0.387 e. The number of piperidine rings is 1. The number of hydrogen-bond donors (Lipinski definition) is 2. The zero-order valence-electron chi connectivity index (χ0n) is 14.2. The maximum atomic E-state index is 12.5. The van der Waals surface area contributed by atoms with Crippen LogP contribution in [0.15, 0.2) is 30.3 Å². The van der Waals surface area contributed by atoms with Gasteiger partial charge in [0.15, 0.2) is 0 Å².